The SMILES string of the molecule is N#CCCN(C(=O)c1n[nH]c(C2CC2)n1)c1ccccc1. The highest BCUT2D eigenvalue weighted by Gasteiger charge is 2.29. The van der Waals surface area contributed by atoms with E-state index in [1.54, 1.807) is 4.90 Å². The number of nitriles is 1. The summed E-state index contributed by atoms with van der Waals surface area (Å²) in [4.78, 5) is 18.4. The number of benzene rings is 1. The molecule has 0 atom stereocenters. The molecule has 1 heterocycles. The summed E-state index contributed by atoms with van der Waals surface area (Å²) in [6.45, 7) is 0.326. The Bertz CT molecular complexity index is 669. The molecule has 1 aliphatic rings. The lowest BCUT2D eigenvalue weighted by molar-refractivity contribution is 0.0978. The summed E-state index contributed by atoms with van der Waals surface area (Å²) < 4.78 is 0. The number of amides is 1. The molecule has 6 heteroatoms. The molecule has 3 rings (SSSR count). The van der Waals surface area contributed by atoms with Crippen LogP contribution in [0.1, 0.15) is 41.6 Å². The van der Waals surface area contributed by atoms with Crippen LogP contribution < -0.4 is 4.90 Å². The maximum Gasteiger partial charge on any atom is 0.297 e. The lowest BCUT2D eigenvalue weighted by Crippen LogP contribution is -2.32. The molecule has 0 spiro atoms. The number of para-hydroxylation sites is 1. The van der Waals surface area contributed by atoms with Gasteiger partial charge in [0.15, 0.2) is 0 Å². The van der Waals surface area contributed by atoms with Crippen molar-refractivity contribution in [2.45, 2.75) is 25.2 Å². The van der Waals surface area contributed by atoms with E-state index in [-0.39, 0.29) is 18.2 Å². The van der Waals surface area contributed by atoms with Crippen LogP contribution in [0.25, 0.3) is 0 Å². The van der Waals surface area contributed by atoms with Gasteiger partial charge in [0, 0.05) is 18.2 Å². The quantitative estimate of drug-likeness (QED) is 0.910. The average molecular weight is 281 g/mol. The molecule has 1 N–H and O–H groups in total. The number of carbonyl (C=O) groups is 1. The number of rotatable bonds is 5. The van der Waals surface area contributed by atoms with Crippen molar-refractivity contribution in [2.75, 3.05) is 11.4 Å². The van der Waals surface area contributed by atoms with Crippen molar-refractivity contribution in [3.8, 4) is 6.07 Å². The molecule has 2 aromatic rings. The highest BCUT2D eigenvalue weighted by molar-refractivity contribution is 6.03. The van der Waals surface area contributed by atoms with Gasteiger partial charge in [0.2, 0.25) is 5.82 Å². The molecule has 106 valence electrons. The molecule has 1 saturated carbocycles. The summed E-state index contributed by atoms with van der Waals surface area (Å²) in [5.74, 6) is 1.09. The van der Waals surface area contributed by atoms with E-state index in [9.17, 15) is 4.79 Å². The molecule has 0 radical (unpaired) electrons. The van der Waals surface area contributed by atoms with Crippen LogP contribution in [0.2, 0.25) is 0 Å². The van der Waals surface area contributed by atoms with Crippen molar-refractivity contribution in [1.29, 1.82) is 5.26 Å². The zero-order chi connectivity index (χ0) is 14.7. The predicted molar refractivity (Wildman–Crippen MR) is 76.7 cm³/mol. The first-order valence-electron chi connectivity index (χ1n) is 6.96. The van der Waals surface area contributed by atoms with E-state index in [0.29, 0.717) is 12.5 Å². The van der Waals surface area contributed by atoms with E-state index < -0.39 is 0 Å². The van der Waals surface area contributed by atoms with E-state index >= 15 is 0 Å². The zero-order valence-electron chi connectivity index (χ0n) is 11.5. The molecule has 0 bridgehead atoms. The van der Waals surface area contributed by atoms with Crippen molar-refractivity contribution in [2.24, 2.45) is 0 Å². The maximum atomic E-state index is 12.6. The second-order valence-electron chi connectivity index (χ2n) is 5.02. The molecule has 6 nitrogen and oxygen atoms in total. The summed E-state index contributed by atoms with van der Waals surface area (Å²) >= 11 is 0. The summed E-state index contributed by atoms with van der Waals surface area (Å²) in [5.41, 5.74) is 0.746. The van der Waals surface area contributed by atoms with Gasteiger partial charge in [-0.3, -0.25) is 9.89 Å². The minimum atomic E-state index is -0.278. The van der Waals surface area contributed by atoms with Gasteiger partial charge in [-0.25, -0.2) is 4.98 Å². The largest absolute Gasteiger partial charge is 0.305 e. The van der Waals surface area contributed by atoms with Gasteiger partial charge >= 0.3 is 0 Å². The molecule has 1 aliphatic carbocycles. The van der Waals surface area contributed by atoms with Crippen LogP contribution in [0.4, 0.5) is 5.69 Å². The van der Waals surface area contributed by atoms with Crippen molar-refractivity contribution in [3.63, 3.8) is 0 Å². The third kappa shape index (κ3) is 2.92. The molecule has 1 aromatic heterocycles. The van der Waals surface area contributed by atoms with E-state index in [0.717, 1.165) is 24.4 Å². The van der Waals surface area contributed by atoms with Gasteiger partial charge < -0.3 is 4.90 Å². The Balaban J connectivity index is 1.84. The zero-order valence-corrected chi connectivity index (χ0v) is 11.5. The highest BCUT2D eigenvalue weighted by atomic mass is 16.2. The van der Waals surface area contributed by atoms with Crippen molar-refractivity contribution in [1.82, 2.24) is 15.2 Å². The Morgan fingerprint density at radius 3 is 2.81 bits per heavy atom. The molecule has 1 aromatic carbocycles. The molecular weight excluding hydrogens is 266 g/mol. The third-order valence-corrected chi connectivity index (χ3v) is 3.42. The minimum absolute atomic E-state index is 0.165. The van der Waals surface area contributed by atoms with Crippen LogP contribution in [0.5, 0.6) is 0 Å². The number of carbonyl (C=O) groups excluding carboxylic acids is 1. The first-order valence-corrected chi connectivity index (χ1v) is 6.96. The number of nitrogens with zero attached hydrogens (tertiary/aromatic N) is 4. The van der Waals surface area contributed by atoms with Gasteiger partial charge in [-0.15, -0.1) is 5.10 Å². The number of nitrogens with one attached hydrogen (secondary N) is 1. The summed E-state index contributed by atoms with van der Waals surface area (Å²) in [6.07, 6.45) is 2.46. The third-order valence-electron chi connectivity index (χ3n) is 3.42. The second-order valence-corrected chi connectivity index (χ2v) is 5.02. The second kappa shape index (κ2) is 5.75. The predicted octanol–water partition coefficient (Wildman–Crippen LogP) is 2.24. The summed E-state index contributed by atoms with van der Waals surface area (Å²) in [6, 6.07) is 11.3. The number of hydrogen-bond donors (Lipinski definition) is 1. The topological polar surface area (TPSA) is 85.7 Å². The standard InChI is InChI=1S/C15H15N5O/c16-9-4-10-20(12-5-2-1-3-6-12)15(21)14-17-13(18-19-14)11-7-8-11/h1-3,5-6,11H,4,7-8,10H2,(H,17,18,19). The highest BCUT2D eigenvalue weighted by Crippen LogP contribution is 2.37. The van der Waals surface area contributed by atoms with Crippen molar-refractivity contribution in [3.05, 3.63) is 42.0 Å². The Hall–Kier alpha value is -2.68. The van der Waals surface area contributed by atoms with Gasteiger partial charge in [-0.1, -0.05) is 18.2 Å². The number of anilines is 1. The van der Waals surface area contributed by atoms with Crippen LogP contribution in [0.15, 0.2) is 30.3 Å². The number of hydrogen-bond acceptors (Lipinski definition) is 4. The first kappa shape index (κ1) is 13.3. The van der Waals surface area contributed by atoms with E-state index in [1.807, 2.05) is 30.3 Å². The first-order chi connectivity index (χ1) is 10.3. The molecule has 0 saturated heterocycles. The fraction of sp³-hybridized carbons (Fsp3) is 0.333. The molecule has 21 heavy (non-hydrogen) atoms. The Morgan fingerprint density at radius 2 is 2.14 bits per heavy atom. The maximum absolute atomic E-state index is 12.6. The van der Waals surface area contributed by atoms with Crippen LogP contribution >= 0.6 is 0 Å². The lowest BCUT2D eigenvalue weighted by atomic mass is 10.2. The van der Waals surface area contributed by atoms with Crippen LogP contribution in [-0.2, 0) is 0 Å². The summed E-state index contributed by atoms with van der Waals surface area (Å²) in [7, 11) is 0. The molecule has 0 unspecified atom stereocenters. The van der Waals surface area contributed by atoms with E-state index in [4.69, 9.17) is 5.26 Å². The summed E-state index contributed by atoms with van der Waals surface area (Å²) in [5, 5.41) is 15.6. The van der Waals surface area contributed by atoms with Crippen LogP contribution in [0, 0.1) is 11.3 Å². The smallest absolute Gasteiger partial charge is 0.297 e. The number of aromatic amines is 1. The fourth-order valence-corrected chi connectivity index (χ4v) is 2.15. The monoisotopic (exact) mass is 281 g/mol. The van der Waals surface area contributed by atoms with E-state index in [1.165, 1.54) is 0 Å². The lowest BCUT2D eigenvalue weighted by Gasteiger charge is -2.19. The van der Waals surface area contributed by atoms with Gasteiger partial charge in [0.25, 0.3) is 5.91 Å². The minimum Gasteiger partial charge on any atom is -0.305 e. The number of H-pyrrole nitrogens is 1. The van der Waals surface area contributed by atoms with Crippen molar-refractivity contribution < 1.29 is 4.79 Å². The van der Waals surface area contributed by atoms with Gasteiger partial charge in [-0.2, -0.15) is 5.26 Å². The van der Waals surface area contributed by atoms with Crippen LogP contribution in [0.3, 0.4) is 0 Å². The van der Waals surface area contributed by atoms with E-state index in [2.05, 4.69) is 21.3 Å². The molecular formula is C15H15N5O. The van der Waals surface area contributed by atoms with Crippen LogP contribution in [-0.4, -0.2) is 27.6 Å². The Kier molecular flexibility index (Phi) is 3.65. The van der Waals surface area contributed by atoms with Gasteiger partial charge in [0.1, 0.15) is 5.82 Å². The van der Waals surface area contributed by atoms with Gasteiger partial charge in [0.05, 0.1) is 12.5 Å². The molecule has 1 amide bonds. The average Bonchev–Trinajstić information content (AvgIpc) is 3.26. The molecule has 0 aliphatic heterocycles. The molecule has 1 fully saturated rings. The Labute approximate surface area is 122 Å². The Morgan fingerprint density at radius 1 is 1.38 bits per heavy atom. The van der Waals surface area contributed by atoms with Crippen molar-refractivity contribution >= 4 is 11.6 Å². The normalized spacial score (nSPS) is 13.7. The van der Waals surface area contributed by atoms with Gasteiger partial charge in [-0.05, 0) is 25.0 Å². The fourth-order valence-electron chi connectivity index (χ4n) is 2.15. The number of aromatic nitrogens is 3.